The van der Waals surface area contributed by atoms with Gasteiger partial charge in [-0.2, -0.15) is 0 Å². The van der Waals surface area contributed by atoms with Crippen molar-refractivity contribution in [1.82, 2.24) is 4.98 Å². The molecule has 1 aromatic carbocycles. The highest BCUT2D eigenvalue weighted by Gasteiger charge is 2.33. The Balaban J connectivity index is 1.65. The molecule has 0 atom stereocenters. The molecular formula is C18H22N2O. The summed E-state index contributed by atoms with van der Waals surface area (Å²) in [5, 5.41) is 0. The average molecular weight is 282 g/mol. The van der Waals surface area contributed by atoms with Gasteiger partial charge in [-0.1, -0.05) is 31.0 Å². The normalized spacial score (nSPS) is 16.8. The van der Waals surface area contributed by atoms with E-state index in [1.165, 1.54) is 25.7 Å². The lowest BCUT2D eigenvalue weighted by molar-refractivity contribution is 0.157. The number of ether oxygens (including phenoxy) is 1. The molecule has 3 rings (SSSR count). The number of aromatic nitrogens is 1. The molecule has 2 aromatic rings. The molecule has 0 aliphatic heterocycles. The lowest BCUT2D eigenvalue weighted by Crippen LogP contribution is -2.33. The second-order valence-electron chi connectivity index (χ2n) is 5.97. The predicted octanol–water partition coefficient (Wildman–Crippen LogP) is 3.65. The van der Waals surface area contributed by atoms with Crippen LogP contribution in [-0.4, -0.2) is 18.1 Å². The van der Waals surface area contributed by atoms with Crippen molar-refractivity contribution < 1.29 is 4.74 Å². The summed E-state index contributed by atoms with van der Waals surface area (Å²) in [6.07, 6.45) is 8.60. The van der Waals surface area contributed by atoms with Crippen LogP contribution in [0.4, 0.5) is 0 Å². The molecular weight excluding hydrogens is 260 g/mol. The summed E-state index contributed by atoms with van der Waals surface area (Å²) >= 11 is 0. The van der Waals surface area contributed by atoms with Gasteiger partial charge < -0.3 is 10.5 Å². The summed E-state index contributed by atoms with van der Waals surface area (Å²) in [5.74, 6) is 0.919. The maximum Gasteiger partial charge on any atom is 0.119 e. The molecule has 1 fully saturated rings. The first-order valence-corrected chi connectivity index (χ1v) is 7.65. The fraction of sp³-hybridized carbons (Fsp3) is 0.389. The Hall–Kier alpha value is -1.87. The van der Waals surface area contributed by atoms with Gasteiger partial charge in [0.25, 0.3) is 0 Å². The van der Waals surface area contributed by atoms with Crippen molar-refractivity contribution in [1.29, 1.82) is 0 Å². The molecule has 1 heterocycles. The van der Waals surface area contributed by atoms with Gasteiger partial charge >= 0.3 is 0 Å². The lowest BCUT2D eigenvalue weighted by atomic mass is 9.87. The maximum absolute atomic E-state index is 5.98. The Labute approximate surface area is 126 Å². The van der Waals surface area contributed by atoms with E-state index in [0.717, 1.165) is 30.0 Å². The molecule has 1 aliphatic carbocycles. The highest BCUT2D eigenvalue weighted by molar-refractivity contribution is 5.62. The first kappa shape index (κ1) is 14.1. The third-order valence-corrected chi connectivity index (χ3v) is 4.49. The van der Waals surface area contributed by atoms with Crippen LogP contribution in [0.2, 0.25) is 0 Å². The minimum atomic E-state index is 0.196. The Morgan fingerprint density at radius 3 is 2.43 bits per heavy atom. The molecule has 110 valence electrons. The molecule has 1 aliphatic rings. The largest absolute Gasteiger partial charge is 0.493 e. The van der Waals surface area contributed by atoms with Gasteiger partial charge in [0.15, 0.2) is 0 Å². The molecule has 21 heavy (non-hydrogen) atoms. The average Bonchev–Trinajstić information content (AvgIpc) is 3.04. The number of benzene rings is 1. The SMILES string of the molecule is NCC1(COc2ccc(-c3cccnc3)cc2)CCCC1. The van der Waals surface area contributed by atoms with E-state index in [2.05, 4.69) is 23.2 Å². The Kier molecular flexibility index (Phi) is 4.20. The highest BCUT2D eigenvalue weighted by Crippen LogP contribution is 2.37. The van der Waals surface area contributed by atoms with Crippen molar-refractivity contribution in [2.75, 3.05) is 13.2 Å². The van der Waals surface area contributed by atoms with Crippen molar-refractivity contribution in [3.63, 3.8) is 0 Å². The monoisotopic (exact) mass is 282 g/mol. The van der Waals surface area contributed by atoms with Crippen LogP contribution in [0.3, 0.4) is 0 Å². The molecule has 1 saturated carbocycles. The van der Waals surface area contributed by atoms with Crippen molar-refractivity contribution in [2.45, 2.75) is 25.7 Å². The Morgan fingerprint density at radius 1 is 1.05 bits per heavy atom. The van der Waals surface area contributed by atoms with E-state index < -0.39 is 0 Å². The summed E-state index contributed by atoms with van der Waals surface area (Å²) in [6.45, 7) is 1.45. The van der Waals surface area contributed by atoms with Crippen LogP contribution in [0.1, 0.15) is 25.7 Å². The second kappa shape index (κ2) is 6.27. The zero-order chi connectivity index (χ0) is 14.5. The first-order valence-electron chi connectivity index (χ1n) is 7.65. The van der Waals surface area contributed by atoms with Gasteiger partial charge in [-0.05, 0) is 42.2 Å². The molecule has 0 saturated heterocycles. The molecule has 0 bridgehead atoms. The van der Waals surface area contributed by atoms with E-state index >= 15 is 0 Å². The minimum absolute atomic E-state index is 0.196. The van der Waals surface area contributed by atoms with Crippen LogP contribution in [0.15, 0.2) is 48.8 Å². The van der Waals surface area contributed by atoms with Crippen molar-refractivity contribution in [2.24, 2.45) is 11.1 Å². The lowest BCUT2D eigenvalue weighted by Gasteiger charge is -2.27. The van der Waals surface area contributed by atoms with E-state index in [0.29, 0.717) is 0 Å². The predicted molar refractivity (Wildman–Crippen MR) is 85.1 cm³/mol. The van der Waals surface area contributed by atoms with Crippen LogP contribution in [0, 0.1) is 5.41 Å². The molecule has 0 amide bonds. The Morgan fingerprint density at radius 2 is 1.81 bits per heavy atom. The van der Waals surface area contributed by atoms with Crippen LogP contribution >= 0.6 is 0 Å². The van der Waals surface area contributed by atoms with E-state index in [9.17, 15) is 0 Å². The summed E-state index contributed by atoms with van der Waals surface area (Å²) in [7, 11) is 0. The molecule has 3 nitrogen and oxygen atoms in total. The number of hydrogen-bond acceptors (Lipinski definition) is 3. The number of pyridine rings is 1. The second-order valence-corrected chi connectivity index (χ2v) is 5.97. The smallest absolute Gasteiger partial charge is 0.119 e. The fourth-order valence-electron chi connectivity index (χ4n) is 3.05. The van der Waals surface area contributed by atoms with Gasteiger partial charge in [0.05, 0.1) is 6.61 Å². The summed E-state index contributed by atoms with van der Waals surface area (Å²) in [5.41, 5.74) is 8.42. The summed E-state index contributed by atoms with van der Waals surface area (Å²) in [4.78, 5) is 4.15. The van der Waals surface area contributed by atoms with Crippen LogP contribution < -0.4 is 10.5 Å². The van der Waals surface area contributed by atoms with E-state index in [1.54, 1.807) is 6.20 Å². The zero-order valence-electron chi connectivity index (χ0n) is 12.3. The van der Waals surface area contributed by atoms with Gasteiger partial charge in [-0.3, -0.25) is 4.98 Å². The fourth-order valence-corrected chi connectivity index (χ4v) is 3.05. The standard InChI is InChI=1S/C18H22N2O/c19-13-18(9-1-2-10-18)14-21-17-7-5-15(6-8-17)16-4-3-11-20-12-16/h3-8,11-12H,1-2,9-10,13-14,19H2. The maximum atomic E-state index is 5.98. The number of nitrogens with zero attached hydrogens (tertiary/aromatic N) is 1. The van der Waals surface area contributed by atoms with Gasteiger partial charge in [-0.25, -0.2) is 0 Å². The van der Waals surface area contributed by atoms with E-state index in [-0.39, 0.29) is 5.41 Å². The highest BCUT2D eigenvalue weighted by atomic mass is 16.5. The van der Waals surface area contributed by atoms with Gasteiger partial charge in [0, 0.05) is 24.4 Å². The van der Waals surface area contributed by atoms with Crippen LogP contribution in [0.5, 0.6) is 5.75 Å². The van der Waals surface area contributed by atoms with Crippen LogP contribution in [-0.2, 0) is 0 Å². The van der Waals surface area contributed by atoms with Crippen molar-refractivity contribution in [3.8, 4) is 16.9 Å². The van der Waals surface area contributed by atoms with Gasteiger partial charge in [0.2, 0.25) is 0 Å². The third-order valence-electron chi connectivity index (χ3n) is 4.49. The molecule has 3 heteroatoms. The Bertz CT molecular complexity index is 560. The van der Waals surface area contributed by atoms with E-state index in [1.807, 2.05) is 24.4 Å². The topological polar surface area (TPSA) is 48.1 Å². The molecule has 1 aromatic heterocycles. The number of rotatable bonds is 5. The summed E-state index contributed by atoms with van der Waals surface area (Å²) in [6, 6.07) is 12.2. The van der Waals surface area contributed by atoms with Crippen molar-refractivity contribution in [3.05, 3.63) is 48.8 Å². The molecule has 0 unspecified atom stereocenters. The summed E-state index contributed by atoms with van der Waals surface area (Å²) < 4.78 is 5.98. The molecule has 0 radical (unpaired) electrons. The van der Waals surface area contributed by atoms with Gasteiger partial charge in [-0.15, -0.1) is 0 Å². The third kappa shape index (κ3) is 3.24. The zero-order valence-corrected chi connectivity index (χ0v) is 12.3. The molecule has 0 spiro atoms. The number of hydrogen-bond donors (Lipinski definition) is 1. The molecule has 2 N–H and O–H groups in total. The number of nitrogens with two attached hydrogens (primary N) is 1. The minimum Gasteiger partial charge on any atom is -0.493 e. The van der Waals surface area contributed by atoms with Gasteiger partial charge in [0.1, 0.15) is 5.75 Å². The van der Waals surface area contributed by atoms with Crippen molar-refractivity contribution >= 4 is 0 Å². The van der Waals surface area contributed by atoms with E-state index in [4.69, 9.17) is 10.5 Å². The quantitative estimate of drug-likeness (QED) is 0.910. The van der Waals surface area contributed by atoms with Crippen LogP contribution in [0.25, 0.3) is 11.1 Å². The first-order chi connectivity index (χ1) is 10.3.